The van der Waals surface area contributed by atoms with Crippen LogP contribution in [0.4, 0.5) is 4.79 Å². The van der Waals surface area contributed by atoms with E-state index in [1.807, 2.05) is 32.2 Å². The van der Waals surface area contributed by atoms with Crippen molar-refractivity contribution in [3.8, 4) is 22.5 Å². The summed E-state index contributed by atoms with van der Waals surface area (Å²) in [5.41, 5.74) is 7.96. The minimum atomic E-state index is -1.53. The maximum atomic E-state index is 14.3. The van der Waals surface area contributed by atoms with Crippen molar-refractivity contribution in [2.75, 3.05) is 26.9 Å². The number of nitrogens with zero attached hydrogens (tertiary/aromatic N) is 5. The number of methoxy groups -OCH3 is 1. The van der Waals surface area contributed by atoms with E-state index >= 15 is 0 Å². The number of benzene rings is 1. The molecule has 55 heavy (non-hydrogen) atoms. The lowest BCUT2D eigenvalue weighted by molar-refractivity contribution is -0.160. The molecule has 3 N–H and O–H groups in total. The molecule has 0 saturated carbocycles. The Morgan fingerprint density at radius 2 is 1.98 bits per heavy atom. The van der Waals surface area contributed by atoms with Crippen molar-refractivity contribution < 1.29 is 29.0 Å². The Morgan fingerprint density at radius 1 is 1.20 bits per heavy atom. The van der Waals surface area contributed by atoms with Crippen LogP contribution in [-0.2, 0) is 38.4 Å². The van der Waals surface area contributed by atoms with Gasteiger partial charge in [-0.1, -0.05) is 19.9 Å². The lowest BCUT2D eigenvalue weighted by atomic mass is 9.84. The number of likely N-dealkylation sites (tertiary alicyclic amines) is 1. The van der Waals surface area contributed by atoms with E-state index in [4.69, 9.17) is 19.4 Å². The van der Waals surface area contributed by atoms with Gasteiger partial charge in [0.25, 0.3) is 5.91 Å². The standard InChI is InChI=1S/C41H53N7O6S/c1-8-46-33-13-12-27-18-29(33)30(36(46)28-11-9-15-42-35(28)26(4)53-7)20-40(5,6)22-54-23-41(38(50)51)14-10-16-47(45-41)37(49)31(19-34-43-32(27)21-55-34)44-39(52)48-24(2)17-25(48)3/h9,11-13,15,18,21,24-26,31,45H,8,10,14,16-17,19-20,22-23H2,1-7H3,(H,44,52)(H,50,51)/t24-,25+,26-,31-,41-/m0/s1. The number of aryl methyl sites for hydroxylation is 1. The number of aromatic nitrogens is 3. The van der Waals surface area contributed by atoms with Gasteiger partial charge < -0.3 is 29.4 Å². The minimum absolute atomic E-state index is 0.0565. The van der Waals surface area contributed by atoms with Gasteiger partial charge in [0, 0.05) is 72.3 Å². The molecule has 6 heterocycles. The zero-order valence-electron chi connectivity index (χ0n) is 32.8. The Kier molecular flexibility index (Phi) is 10.8. The molecular weight excluding hydrogens is 719 g/mol. The van der Waals surface area contributed by atoms with Crippen LogP contribution in [0, 0.1) is 5.41 Å². The van der Waals surface area contributed by atoms with E-state index in [2.05, 4.69) is 60.3 Å². The van der Waals surface area contributed by atoms with Crippen molar-refractivity contribution in [1.29, 1.82) is 0 Å². The number of hydrogen-bond acceptors (Lipinski definition) is 9. The molecule has 13 nitrogen and oxygen atoms in total. The molecule has 5 atom stereocenters. The SMILES string of the molecule is CCn1c(-c2cccnc2[C@H](C)OC)c2c3cc(ccc31)-c1csc(n1)C[C@H](NC(=O)N1[C@H](C)C[C@@H]1C)C(=O)N1CCC[C@@](C(=O)O)(COCC(C)(C)C2)N1. The van der Waals surface area contributed by atoms with Gasteiger partial charge >= 0.3 is 12.0 Å². The van der Waals surface area contributed by atoms with Crippen LogP contribution in [0.3, 0.4) is 0 Å². The van der Waals surface area contributed by atoms with Crippen molar-refractivity contribution in [3.05, 3.63) is 58.2 Å². The van der Waals surface area contributed by atoms with Gasteiger partial charge in [0.15, 0.2) is 5.54 Å². The Hall–Kier alpha value is -4.37. The first-order valence-corrected chi connectivity index (χ1v) is 20.2. The van der Waals surface area contributed by atoms with Gasteiger partial charge in [-0.25, -0.2) is 15.2 Å². The number of carbonyl (C=O) groups excluding carboxylic acids is 2. The van der Waals surface area contributed by atoms with Crippen LogP contribution >= 0.6 is 11.3 Å². The number of pyridine rings is 1. The molecule has 2 saturated heterocycles. The number of aliphatic carboxylic acids is 1. The molecule has 3 aliphatic heterocycles. The van der Waals surface area contributed by atoms with Gasteiger partial charge in [-0.2, -0.15) is 0 Å². The first-order valence-electron chi connectivity index (χ1n) is 19.3. The summed E-state index contributed by atoms with van der Waals surface area (Å²) in [5, 5.41) is 18.8. The van der Waals surface area contributed by atoms with E-state index < -0.39 is 28.9 Å². The number of amides is 3. The predicted molar refractivity (Wildman–Crippen MR) is 212 cm³/mol. The van der Waals surface area contributed by atoms with Gasteiger partial charge in [-0.15, -0.1) is 11.3 Å². The highest BCUT2D eigenvalue weighted by Crippen LogP contribution is 2.42. The van der Waals surface area contributed by atoms with E-state index in [9.17, 15) is 19.5 Å². The van der Waals surface area contributed by atoms with Crippen molar-refractivity contribution >= 4 is 40.1 Å². The molecule has 3 aromatic heterocycles. The maximum absolute atomic E-state index is 14.3. The monoisotopic (exact) mass is 771 g/mol. The molecule has 4 aromatic rings. The summed E-state index contributed by atoms with van der Waals surface area (Å²) in [7, 11) is 1.69. The number of carbonyl (C=O) groups is 3. The van der Waals surface area contributed by atoms with E-state index in [0.29, 0.717) is 24.4 Å². The molecule has 0 unspecified atom stereocenters. The fourth-order valence-corrected chi connectivity index (χ4v) is 9.47. The highest BCUT2D eigenvalue weighted by atomic mass is 32.1. The third-order valence-corrected chi connectivity index (χ3v) is 12.4. The second-order valence-corrected chi connectivity index (χ2v) is 17.2. The number of urea groups is 1. The molecule has 6 bridgehead atoms. The van der Waals surface area contributed by atoms with Crippen LogP contribution in [-0.4, -0.2) is 98.0 Å². The average Bonchev–Trinajstić information content (AvgIpc) is 3.75. The molecule has 0 spiro atoms. The van der Waals surface area contributed by atoms with Crippen molar-refractivity contribution in [2.45, 2.75) is 110 Å². The summed E-state index contributed by atoms with van der Waals surface area (Å²) >= 11 is 1.44. The number of carboxylic acids is 1. The van der Waals surface area contributed by atoms with Crippen molar-refractivity contribution in [1.82, 2.24) is 35.2 Å². The normalized spacial score (nSPS) is 24.9. The lowest BCUT2D eigenvalue weighted by Crippen LogP contribution is -2.69. The Balaban J connectivity index is 1.36. The van der Waals surface area contributed by atoms with E-state index in [-0.39, 0.29) is 50.3 Å². The number of carboxylic acid groups (broad SMARTS) is 1. The quantitative estimate of drug-likeness (QED) is 0.208. The van der Waals surface area contributed by atoms with Gasteiger partial charge in [-0.3, -0.25) is 19.6 Å². The number of fused-ring (bicyclic) bond motifs is 6. The molecule has 3 amide bonds. The number of thiazole rings is 1. The lowest BCUT2D eigenvalue weighted by Gasteiger charge is -2.46. The first kappa shape index (κ1) is 38.9. The van der Waals surface area contributed by atoms with E-state index in [0.717, 1.165) is 57.6 Å². The molecular formula is C41H53N7O6S. The Labute approximate surface area is 326 Å². The number of hydrogen-bond donors (Lipinski definition) is 3. The fraction of sp³-hybridized carbons (Fsp3) is 0.537. The van der Waals surface area contributed by atoms with Crippen LogP contribution in [0.2, 0.25) is 0 Å². The molecule has 3 aliphatic rings. The minimum Gasteiger partial charge on any atom is -0.480 e. The summed E-state index contributed by atoms with van der Waals surface area (Å²) in [5.74, 6) is -1.50. The van der Waals surface area contributed by atoms with Gasteiger partial charge in [0.1, 0.15) is 6.04 Å². The van der Waals surface area contributed by atoms with Crippen LogP contribution < -0.4 is 10.7 Å². The molecule has 294 valence electrons. The topological polar surface area (TPSA) is 151 Å². The molecule has 14 heteroatoms. The molecule has 0 radical (unpaired) electrons. The number of rotatable bonds is 6. The third kappa shape index (κ3) is 7.37. The van der Waals surface area contributed by atoms with Gasteiger partial charge in [0.05, 0.1) is 41.4 Å². The number of nitrogens with one attached hydrogen (secondary N) is 2. The smallest absolute Gasteiger partial charge is 0.328 e. The summed E-state index contributed by atoms with van der Waals surface area (Å²) in [6.07, 6.45) is 3.96. The number of ether oxygens (including phenoxy) is 2. The fourth-order valence-electron chi connectivity index (χ4n) is 8.62. The Morgan fingerprint density at radius 3 is 2.69 bits per heavy atom. The zero-order valence-corrected chi connectivity index (χ0v) is 33.7. The molecule has 1 aromatic carbocycles. The first-order chi connectivity index (χ1) is 26.3. The average molecular weight is 772 g/mol. The third-order valence-electron chi connectivity index (χ3n) is 11.5. The van der Waals surface area contributed by atoms with Gasteiger partial charge in [0.2, 0.25) is 0 Å². The largest absolute Gasteiger partial charge is 0.480 e. The summed E-state index contributed by atoms with van der Waals surface area (Å²) in [6, 6.07) is 9.33. The van der Waals surface area contributed by atoms with Crippen molar-refractivity contribution in [3.63, 3.8) is 0 Å². The molecule has 2 fully saturated rings. The Bertz CT molecular complexity index is 2090. The predicted octanol–water partition coefficient (Wildman–Crippen LogP) is 6.21. The molecule has 7 rings (SSSR count). The number of hydrazine groups is 1. The second-order valence-electron chi connectivity index (χ2n) is 16.2. The highest BCUT2D eigenvalue weighted by molar-refractivity contribution is 7.10. The summed E-state index contributed by atoms with van der Waals surface area (Å²) < 4.78 is 14.5. The molecule has 0 aliphatic carbocycles. The van der Waals surface area contributed by atoms with Gasteiger partial charge in [-0.05, 0) is 88.6 Å². The van der Waals surface area contributed by atoms with Crippen LogP contribution in [0.1, 0.15) is 83.2 Å². The zero-order chi connectivity index (χ0) is 39.2. The summed E-state index contributed by atoms with van der Waals surface area (Å²) in [4.78, 5) is 52.5. The summed E-state index contributed by atoms with van der Waals surface area (Å²) in [6.45, 7) is 13.5. The van der Waals surface area contributed by atoms with E-state index in [1.54, 1.807) is 18.2 Å². The maximum Gasteiger partial charge on any atom is 0.328 e. The van der Waals surface area contributed by atoms with Crippen LogP contribution in [0.25, 0.3) is 33.4 Å². The van der Waals surface area contributed by atoms with E-state index in [1.165, 1.54) is 16.3 Å². The van der Waals surface area contributed by atoms with Crippen molar-refractivity contribution in [2.24, 2.45) is 5.41 Å². The van der Waals surface area contributed by atoms with Crippen LogP contribution in [0.5, 0.6) is 0 Å². The van der Waals surface area contributed by atoms with Crippen LogP contribution in [0.15, 0.2) is 41.9 Å². The second kappa shape index (κ2) is 15.3. The highest BCUT2D eigenvalue weighted by Gasteiger charge is 2.46.